The molecule has 0 saturated heterocycles. The highest BCUT2D eigenvalue weighted by atomic mass is 19.2. The lowest BCUT2D eigenvalue weighted by atomic mass is 9.84. The first-order valence-electron chi connectivity index (χ1n) is 18.1. The number of ketones is 1. The molecule has 0 saturated carbocycles. The molecule has 0 aromatic heterocycles. The number of hydrogen-bond acceptors (Lipinski definition) is 6. The molecular weight excluding hydrogens is 694 g/mol. The van der Waals surface area contributed by atoms with Gasteiger partial charge in [0.15, 0.2) is 17.4 Å². The van der Waals surface area contributed by atoms with E-state index in [1.165, 1.54) is 42.8 Å². The van der Waals surface area contributed by atoms with Crippen molar-refractivity contribution in [2.75, 3.05) is 7.05 Å². The summed E-state index contributed by atoms with van der Waals surface area (Å²) in [5.74, 6) is -3.91. The number of rotatable bonds is 10. The van der Waals surface area contributed by atoms with Crippen molar-refractivity contribution >= 4 is 29.6 Å². The van der Waals surface area contributed by atoms with Gasteiger partial charge in [-0.1, -0.05) is 81.4 Å². The number of fused-ring (bicyclic) bond motifs is 1. The van der Waals surface area contributed by atoms with E-state index in [2.05, 4.69) is 5.32 Å². The number of Topliss-reactive ketones (excluding diaryl/α,β-unsaturated/α-hetero) is 1. The second-order valence-corrected chi connectivity index (χ2v) is 16.1. The highest BCUT2D eigenvalue weighted by Gasteiger charge is 2.44. The fourth-order valence-corrected chi connectivity index (χ4v) is 6.37. The van der Waals surface area contributed by atoms with Crippen LogP contribution in [0.1, 0.15) is 101 Å². The zero-order valence-corrected chi connectivity index (χ0v) is 32.8. The number of hydrogen-bond donors (Lipinski definition) is 1. The van der Waals surface area contributed by atoms with Gasteiger partial charge in [0.2, 0.25) is 17.7 Å². The lowest BCUT2D eigenvalue weighted by molar-refractivity contribution is -0.152. The van der Waals surface area contributed by atoms with Crippen LogP contribution in [0.2, 0.25) is 0 Å². The molecule has 0 spiro atoms. The van der Waals surface area contributed by atoms with Crippen molar-refractivity contribution in [1.82, 2.24) is 20.0 Å². The van der Waals surface area contributed by atoms with Gasteiger partial charge in [-0.3, -0.25) is 24.1 Å². The second kappa shape index (κ2) is 16.5. The first-order chi connectivity index (χ1) is 25.1. The van der Waals surface area contributed by atoms with E-state index in [9.17, 15) is 23.6 Å². The number of benzene rings is 3. The minimum atomic E-state index is -1.13. The summed E-state index contributed by atoms with van der Waals surface area (Å²) in [4.78, 5) is 72.3. The van der Waals surface area contributed by atoms with Gasteiger partial charge in [0, 0.05) is 37.7 Å². The molecule has 4 atom stereocenters. The van der Waals surface area contributed by atoms with Crippen molar-refractivity contribution in [2.24, 2.45) is 5.41 Å². The molecule has 0 bridgehead atoms. The molecule has 4 rings (SSSR count). The first-order valence-corrected chi connectivity index (χ1v) is 18.1. The van der Waals surface area contributed by atoms with Crippen LogP contribution in [0.15, 0.2) is 66.7 Å². The maximum atomic E-state index is 15.3. The van der Waals surface area contributed by atoms with E-state index in [1.807, 2.05) is 24.3 Å². The third kappa shape index (κ3) is 9.69. The van der Waals surface area contributed by atoms with Crippen LogP contribution in [0.4, 0.5) is 13.6 Å². The molecule has 3 aromatic rings. The van der Waals surface area contributed by atoms with Gasteiger partial charge in [0.25, 0.3) is 0 Å². The van der Waals surface area contributed by atoms with Gasteiger partial charge in [0.05, 0.1) is 6.04 Å². The second-order valence-electron chi connectivity index (χ2n) is 16.1. The van der Waals surface area contributed by atoms with Crippen LogP contribution in [0.5, 0.6) is 0 Å². The average Bonchev–Trinajstić information content (AvgIpc) is 3.10. The molecule has 1 aliphatic rings. The number of amides is 4. The number of nitrogens with one attached hydrogen (secondary N) is 1. The Kier molecular flexibility index (Phi) is 12.7. The summed E-state index contributed by atoms with van der Waals surface area (Å²) in [5.41, 5.74) is 1.10. The van der Waals surface area contributed by atoms with E-state index in [-0.39, 0.29) is 30.9 Å². The standard InChI is InChI=1S/C42H52F2N4O6/c1-25(32-16-13-17-33(43)35(32)44)47(23-28-18-20-29(21-19-28)27(3)49)38(51)34-22-30-14-11-12-15-31(30)24-48(34)39(52)36(41(4,5)6)45-37(50)26(2)46(10)40(53)54-42(7,8)9/h11-21,25-26,34,36H,22-24H2,1-10H3,(H,45,50)/t25-,26+,34+,36-/m1/s1. The third-order valence-corrected chi connectivity index (χ3v) is 9.75. The summed E-state index contributed by atoms with van der Waals surface area (Å²) >= 11 is 0. The summed E-state index contributed by atoms with van der Waals surface area (Å²) in [6.07, 6.45) is -0.580. The minimum absolute atomic E-state index is 0.0394. The SMILES string of the molecule is CC(=O)c1ccc(CN(C(=O)[C@@H]2Cc3ccccc3CN2C(=O)[C@@H](NC(=O)[C@H](C)N(C)C(=O)OC(C)(C)C)C(C)(C)C)[C@H](C)c2cccc(F)c2F)cc1. The molecule has 54 heavy (non-hydrogen) atoms. The van der Waals surface area contributed by atoms with Crippen molar-refractivity contribution < 1.29 is 37.5 Å². The van der Waals surface area contributed by atoms with Crippen LogP contribution in [0, 0.1) is 17.0 Å². The van der Waals surface area contributed by atoms with Crippen LogP contribution in [-0.4, -0.2) is 75.1 Å². The minimum Gasteiger partial charge on any atom is -0.444 e. The highest BCUT2D eigenvalue weighted by molar-refractivity contribution is 5.95. The van der Waals surface area contributed by atoms with Gasteiger partial charge in [0.1, 0.15) is 23.7 Å². The molecule has 0 aliphatic carbocycles. The van der Waals surface area contributed by atoms with Crippen molar-refractivity contribution in [3.05, 3.63) is 106 Å². The maximum Gasteiger partial charge on any atom is 0.410 e. The van der Waals surface area contributed by atoms with Crippen molar-refractivity contribution in [1.29, 1.82) is 0 Å². The lowest BCUT2D eigenvalue weighted by Gasteiger charge is -2.43. The van der Waals surface area contributed by atoms with Crippen LogP contribution < -0.4 is 5.32 Å². The molecule has 4 amide bonds. The van der Waals surface area contributed by atoms with Gasteiger partial charge in [-0.15, -0.1) is 0 Å². The van der Waals surface area contributed by atoms with Crippen LogP contribution in [-0.2, 0) is 38.6 Å². The van der Waals surface area contributed by atoms with E-state index in [1.54, 1.807) is 72.7 Å². The van der Waals surface area contributed by atoms with Crippen LogP contribution in [0.3, 0.4) is 0 Å². The van der Waals surface area contributed by atoms with Gasteiger partial charge in [-0.05, 0) is 69.7 Å². The molecule has 3 aromatic carbocycles. The largest absolute Gasteiger partial charge is 0.444 e. The summed E-state index contributed by atoms with van der Waals surface area (Å²) < 4.78 is 35.3. The van der Waals surface area contributed by atoms with E-state index in [4.69, 9.17) is 4.74 Å². The Morgan fingerprint density at radius 3 is 2.07 bits per heavy atom. The molecule has 0 fully saturated rings. The zero-order valence-electron chi connectivity index (χ0n) is 32.8. The molecular formula is C42H52F2N4O6. The van der Waals surface area contributed by atoms with Crippen molar-refractivity contribution in [3.8, 4) is 0 Å². The molecule has 1 heterocycles. The smallest absolute Gasteiger partial charge is 0.410 e. The van der Waals surface area contributed by atoms with Gasteiger partial charge >= 0.3 is 6.09 Å². The van der Waals surface area contributed by atoms with Crippen molar-refractivity contribution in [3.63, 3.8) is 0 Å². The number of ether oxygens (including phenoxy) is 1. The summed E-state index contributed by atoms with van der Waals surface area (Å²) in [6, 6.07) is 13.7. The lowest BCUT2D eigenvalue weighted by Crippen LogP contribution is -2.62. The number of carbonyl (C=O) groups is 5. The summed E-state index contributed by atoms with van der Waals surface area (Å²) in [7, 11) is 1.44. The number of halogens is 2. The molecule has 1 N–H and O–H groups in total. The average molecular weight is 747 g/mol. The summed E-state index contributed by atoms with van der Waals surface area (Å²) in [6.45, 7) is 15.1. The normalized spacial score (nSPS) is 16.0. The van der Waals surface area contributed by atoms with E-state index < -0.39 is 70.6 Å². The zero-order chi connectivity index (χ0) is 40.3. The molecule has 290 valence electrons. The van der Waals surface area contributed by atoms with E-state index in [0.29, 0.717) is 11.1 Å². The predicted octanol–water partition coefficient (Wildman–Crippen LogP) is 7.00. The highest BCUT2D eigenvalue weighted by Crippen LogP contribution is 2.33. The van der Waals surface area contributed by atoms with Gasteiger partial charge < -0.3 is 19.9 Å². The predicted molar refractivity (Wildman–Crippen MR) is 201 cm³/mol. The van der Waals surface area contributed by atoms with Crippen LogP contribution in [0.25, 0.3) is 0 Å². The molecule has 1 aliphatic heterocycles. The van der Waals surface area contributed by atoms with Gasteiger partial charge in [-0.2, -0.15) is 0 Å². The Labute approximate surface area is 316 Å². The Morgan fingerprint density at radius 1 is 0.889 bits per heavy atom. The van der Waals surface area contributed by atoms with E-state index in [0.717, 1.165) is 22.1 Å². The fraction of sp³-hybridized carbons (Fsp3) is 0.452. The first kappa shape index (κ1) is 41.6. The number of likely N-dealkylation sites (N-methyl/N-ethyl adjacent to an activating group) is 1. The fourth-order valence-electron chi connectivity index (χ4n) is 6.37. The number of nitrogens with zero attached hydrogens (tertiary/aromatic N) is 3. The number of carbonyl (C=O) groups excluding carboxylic acids is 5. The Bertz CT molecular complexity index is 1880. The third-order valence-electron chi connectivity index (χ3n) is 9.75. The van der Waals surface area contributed by atoms with Crippen molar-refractivity contribution in [2.45, 2.75) is 112 Å². The monoisotopic (exact) mass is 746 g/mol. The topological polar surface area (TPSA) is 116 Å². The Hall–Kier alpha value is -5.13. The molecule has 0 unspecified atom stereocenters. The van der Waals surface area contributed by atoms with Gasteiger partial charge in [-0.25, -0.2) is 13.6 Å². The molecule has 10 nitrogen and oxygen atoms in total. The van der Waals surface area contributed by atoms with Crippen LogP contribution >= 0.6 is 0 Å². The molecule has 12 heteroatoms. The van der Waals surface area contributed by atoms with E-state index >= 15 is 9.18 Å². The summed E-state index contributed by atoms with van der Waals surface area (Å²) in [5, 5.41) is 2.86. The quantitative estimate of drug-likeness (QED) is 0.224. The Morgan fingerprint density at radius 2 is 1.50 bits per heavy atom. The Balaban J connectivity index is 1.75. The molecule has 0 radical (unpaired) electrons. The maximum absolute atomic E-state index is 15.3.